The molecule has 0 aromatic rings. The van der Waals surface area contributed by atoms with Crippen LogP contribution in [0.5, 0.6) is 0 Å². The Morgan fingerprint density at radius 2 is 2.05 bits per heavy atom. The molecule has 3 nitrogen and oxygen atoms in total. The summed E-state index contributed by atoms with van der Waals surface area (Å²) in [5.41, 5.74) is 0.297. The zero-order valence-electron chi connectivity index (χ0n) is 14.1. The van der Waals surface area contributed by atoms with Gasteiger partial charge in [0.15, 0.2) is 0 Å². The molecule has 2 saturated heterocycles. The summed E-state index contributed by atoms with van der Waals surface area (Å²) in [7, 11) is 0. The first-order valence-corrected chi connectivity index (χ1v) is 9.34. The largest absolute Gasteiger partial charge is 0.370 e. The maximum Gasteiger partial charge on any atom is 0.0710 e. The van der Waals surface area contributed by atoms with Gasteiger partial charge in [0, 0.05) is 19.1 Å². The summed E-state index contributed by atoms with van der Waals surface area (Å²) in [6, 6.07) is 0.666. The van der Waals surface area contributed by atoms with E-state index >= 15 is 0 Å². The van der Waals surface area contributed by atoms with Gasteiger partial charge in [-0.2, -0.15) is 0 Å². The lowest BCUT2D eigenvalue weighted by Crippen LogP contribution is -2.44. The van der Waals surface area contributed by atoms with Crippen molar-refractivity contribution in [2.45, 2.75) is 83.0 Å². The van der Waals surface area contributed by atoms with Crippen molar-refractivity contribution in [3.05, 3.63) is 0 Å². The van der Waals surface area contributed by atoms with E-state index in [1.807, 2.05) is 0 Å². The van der Waals surface area contributed by atoms with Gasteiger partial charge in [0.1, 0.15) is 0 Å². The summed E-state index contributed by atoms with van der Waals surface area (Å²) in [5, 5.41) is 3.75. The van der Waals surface area contributed by atoms with Crippen LogP contribution in [0.4, 0.5) is 0 Å². The Balaban J connectivity index is 1.52. The number of ether oxygens (including phenoxy) is 1. The van der Waals surface area contributed by atoms with Crippen molar-refractivity contribution in [3.8, 4) is 0 Å². The first kappa shape index (κ1) is 15.8. The minimum absolute atomic E-state index is 0.297. The highest BCUT2D eigenvalue weighted by Gasteiger charge is 2.42. The summed E-state index contributed by atoms with van der Waals surface area (Å²) in [5.74, 6) is 0.774. The van der Waals surface area contributed by atoms with Crippen LogP contribution in [0.2, 0.25) is 0 Å². The van der Waals surface area contributed by atoms with Gasteiger partial charge in [0.2, 0.25) is 0 Å². The van der Waals surface area contributed by atoms with Gasteiger partial charge in [-0.25, -0.2) is 0 Å². The molecule has 122 valence electrons. The van der Waals surface area contributed by atoms with Crippen LogP contribution in [-0.4, -0.2) is 48.8 Å². The molecule has 2 aliphatic heterocycles. The van der Waals surface area contributed by atoms with Crippen molar-refractivity contribution < 1.29 is 4.74 Å². The molecule has 0 aromatic heterocycles. The maximum absolute atomic E-state index is 6.51. The third-order valence-electron chi connectivity index (χ3n) is 6.16. The summed E-state index contributed by atoms with van der Waals surface area (Å²) in [4.78, 5) is 2.68. The summed E-state index contributed by atoms with van der Waals surface area (Å²) in [6.45, 7) is 9.50. The van der Waals surface area contributed by atoms with E-state index in [9.17, 15) is 0 Å². The van der Waals surface area contributed by atoms with E-state index < -0.39 is 0 Å². The first-order valence-electron chi connectivity index (χ1n) is 9.34. The molecule has 0 amide bonds. The van der Waals surface area contributed by atoms with E-state index in [4.69, 9.17) is 4.74 Å². The number of nitrogens with zero attached hydrogens (tertiary/aromatic N) is 1. The van der Waals surface area contributed by atoms with Gasteiger partial charge in [-0.15, -0.1) is 0 Å². The molecule has 3 rings (SSSR count). The van der Waals surface area contributed by atoms with Crippen LogP contribution < -0.4 is 5.32 Å². The fourth-order valence-corrected chi connectivity index (χ4v) is 4.55. The van der Waals surface area contributed by atoms with Gasteiger partial charge in [0.25, 0.3) is 0 Å². The van der Waals surface area contributed by atoms with E-state index in [0.29, 0.717) is 17.7 Å². The average molecular weight is 294 g/mol. The number of nitrogens with one attached hydrogen (secondary N) is 1. The second kappa shape index (κ2) is 6.97. The minimum Gasteiger partial charge on any atom is -0.370 e. The van der Waals surface area contributed by atoms with Crippen LogP contribution in [0.1, 0.15) is 65.2 Å². The fraction of sp³-hybridized carbons (Fsp3) is 1.00. The van der Waals surface area contributed by atoms with Gasteiger partial charge < -0.3 is 10.1 Å². The van der Waals surface area contributed by atoms with E-state index in [-0.39, 0.29) is 0 Å². The van der Waals surface area contributed by atoms with Gasteiger partial charge in [-0.05, 0) is 51.1 Å². The van der Waals surface area contributed by atoms with Crippen LogP contribution in [0.15, 0.2) is 0 Å². The second-order valence-electron chi connectivity index (χ2n) is 7.73. The van der Waals surface area contributed by atoms with Crippen molar-refractivity contribution >= 4 is 0 Å². The molecule has 3 heteroatoms. The Labute approximate surface area is 130 Å². The Kier molecular flexibility index (Phi) is 5.23. The fourth-order valence-electron chi connectivity index (χ4n) is 4.55. The minimum atomic E-state index is 0.297. The molecule has 3 aliphatic rings. The van der Waals surface area contributed by atoms with Gasteiger partial charge in [-0.3, -0.25) is 4.90 Å². The topological polar surface area (TPSA) is 24.5 Å². The molecule has 1 aliphatic carbocycles. The highest BCUT2D eigenvalue weighted by Crippen LogP contribution is 2.43. The zero-order chi connectivity index (χ0) is 14.7. The Bertz CT molecular complexity index is 327. The Morgan fingerprint density at radius 1 is 1.24 bits per heavy atom. The molecule has 1 N–H and O–H groups in total. The predicted octanol–water partition coefficient (Wildman–Crippen LogP) is 3.19. The van der Waals surface area contributed by atoms with Crippen molar-refractivity contribution in [2.75, 3.05) is 26.2 Å². The maximum atomic E-state index is 6.51. The van der Waals surface area contributed by atoms with Crippen molar-refractivity contribution in [3.63, 3.8) is 0 Å². The van der Waals surface area contributed by atoms with Gasteiger partial charge >= 0.3 is 0 Å². The normalized spacial score (nSPS) is 35.1. The standard InChI is InChI=1S/C18H34N2O/c1-3-15(2)17-14-20(12-6-11-19-17)13-16-7-10-18(21-16)8-4-5-9-18/h15-17,19H,3-14H2,1-2H3. The number of rotatable bonds is 4. The quantitative estimate of drug-likeness (QED) is 0.862. The lowest BCUT2D eigenvalue weighted by atomic mass is 9.98. The zero-order valence-corrected chi connectivity index (χ0v) is 14.1. The average Bonchev–Trinajstić information content (AvgIpc) is 3.04. The van der Waals surface area contributed by atoms with Crippen LogP contribution in [-0.2, 0) is 4.74 Å². The predicted molar refractivity (Wildman–Crippen MR) is 87.6 cm³/mol. The smallest absolute Gasteiger partial charge is 0.0710 e. The molecular formula is C18H34N2O. The number of hydrogen-bond donors (Lipinski definition) is 1. The highest BCUT2D eigenvalue weighted by molar-refractivity contribution is 4.94. The molecule has 21 heavy (non-hydrogen) atoms. The van der Waals surface area contributed by atoms with Gasteiger partial charge in [0.05, 0.1) is 11.7 Å². The van der Waals surface area contributed by atoms with Crippen molar-refractivity contribution in [1.29, 1.82) is 0 Å². The molecule has 2 heterocycles. The Morgan fingerprint density at radius 3 is 2.81 bits per heavy atom. The molecule has 3 unspecified atom stereocenters. The van der Waals surface area contributed by atoms with E-state index in [1.54, 1.807) is 0 Å². The molecule has 1 spiro atoms. The molecule has 1 saturated carbocycles. The number of hydrogen-bond acceptors (Lipinski definition) is 3. The van der Waals surface area contributed by atoms with Crippen LogP contribution >= 0.6 is 0 Å². The van der Waals surface area contributed by atoms with Gasteiger partial charge in [-0.1, -0.05) is 33.1 Å². The van der Waals surface area contributed by atoms with Crippen LogP contribution in [0.25, 0.3) is 0 Å². The molecular weight excluding hydrogens is 260 g/mol. The molecule has 3 fully saturated rings. The third kappa shape index (κ3) is 3.80. The second-order valence-corrected chi connectivity index (χ2v) is 7.73. The Hall–Kier alpha value is -0.120. The molecule has 0 aromatic carbocycles. The lowest BCUT2D eigenvalue weighted by Gasteiger charge is -2.30. The van der Waals surface area contributed by atoms with Crippen LogP contribution in [0.3, 0.4) is 0 Å². The SMILES string of the molecule is CCC(C)C1CN(CC2CCC3(CCCC3)O2)CCCN1. The lowest BCUT2D eigenvalue weighted by molar-refractivity contribution is -0.0476. The molecule has 3 atom stereocenters. The monoisotopic (exact) mass is 294 g/mol. The first-order chi connectivity index (χ1) is 10.2. The van der Waals surface area contributed by atoms with E-state index in [1.165, 1.54) is 71.0 Å². The summed E-state index contributed by atoms with van der Waals surface area (Å²) >= 11 is 0. The van der Waals surface area contributed by atoms with E-state index in [2.05, 4.69) is 24.1 Å². The molecule has 0 bridgehead atoms. The van der Waals surface area contributed by atoms with Crippen molar-refractivity contribution in [1.82, 2.24) is 10.2 Å². The van der Waals surface area contributed by atoms with Crippen LogP contribution in [0, 0.1) is 5.92 Å². The summed E-state index contributed by atoms with van der Waals surface area (Å²) < 4.78 is 6.51. The third-order valence-corrected chi connectivity index (χ3v) is 6.16. The molecule has 0 radical (unpaired) electrons. The summed E-state index contributed by atoms with van der Waals surface area (Å²) in [6.07, 6.45) is 11.1. The highest BCUT2D eigenvalue weighted by atomic mass is 16.5. The van der Waals surface area contributed by atoms with Crippen molar-refractivity contribution in [2.24, 2.45) is 5.92 Å². The van der Waals surface area contributed by atoms with E-state index in [0.717, 1.165) is 12.5 Å².